The number of amides is 1. The minimum absolute atomic E-state index is 0.486. The van der Waals surface area contributed by atoms with Crippen LogP contribution in [0.5, 0.6) is 5.88 Å². The highest BCUT2D eigenvalue weighted by Crippen LogP contribution is 2.28. The van der Waals surface area contributed by atoms with Crippen molar-refractivity contribution in [2.45, 2.75) is 26.4 Å². The molecule has 0 fully saturated rings. The number of aromatic nitrogens is 2. The Kier molecular flexibility index (Phi) is 4.60. The Hall–Kier alpha value is -2.63. The Morgan fingerprint density at radius 3 is 2.59 bits per heavy atom. The van der Waals surface area contributed by atoms with Gasteiger partial charge in [-0.15, -0.1) is 10.2 Å². The molecule has 0 aliphatic heterocycles. The number of hydrogen-bond acceptors (Lipinski definition) is 5. The molecule has 22 heavy (non-hydrogen) atoms. The molecular weight excluding hydrogens is 282 g/mol. The van der Waals surface area contributed by atoms with Crippen LogP contribution in [0.25, 0.3) is 11.3 Å². The SMILES string of the molecule is CCOc1ccc(-c2cccc(C(C)(C)OC(N)=O)c2)nn1. The summed E-state index contributed by atoms with van der Waals surface area (Å²) in [5.74, 6) is 0.486. The van der Waals surface area contributed by atoms with Crippen LogP contribution in [0.3, 0.4) is 0 Å². The third-order valence-corrected chi connectivity index (χ3v) is 3.14. The van der Waals surface area contributed by atoms with Crippen LogP contribution in [0.2, 0.25) is 0 Å². The fourth-order valence-corrected chi connectivity index (χ4v) is 2.06. The largest absolute Gasteiger partial charge is 0.477 e. The van der Waals surface area contributed by atoms with Crippen molar-refractivity contribution in [2.75, 3.05) is 6.61 Å². The van der Waals surface area contributed by atoms with Crippen molar-refractivity contribution >= 4 is 6.09 Å². The first-order valence-corrected chi connectivity index (χ1v) is 6.98. The zero-order chi connectivity index (χ0) is 16.2. The predicted octanol–water partition coefficient (Wildman–Crippen LogP) is 2.87. The molecular formula is C16H19N3O3. The number of rotatable bonds is 5. The number of benzene rings is 1. The second-order valence-corrected chi connectivity index (χ2v) is 5.20. The Morgan fingerprint density at radius 1 is 1.23 bits per heavy atom. The van der Waals surface area contributed by atoms with E-state index in [2.05, 4.69) is 10.2 Å². The molecule has 1 aromatic heterocycles. The van der Waals surface area contributed by atoms with Gasteiger partial charge in [0.25, 0.3) is 0 Å². The van der Waals surface area contributed by atoms with E-state index in [1.54, 1.807) is 19.9 Å². The average molecular weight is 301 g/mol. The highest BCUT2D eigenvalue weighted by Gasteiger charge is 2.24. The Bertz CT molecular complexity index is 654. The number of ether oxygens (including phenoxy) is 2. The standard InChI is InChI=1S/C16H19N3O3/c1-4-21-14-9-8-13(18-19-14)11-6-5-7-12(10-11)16(2,3)22-15(17)20/h5-10H,4H2,1-3H3,(H2,17,20). The molecule has 0 spiro atoms. The summed E-state index contributed by atoms with van der Waals surface area (Å²) in [5, 5.41) is 8.15. The second-order valence-electron chi connectivity index (χ2n) is 5.20. The van der Waals surface area contributed by atoms with Crippen LogP contribution in [0, 0.1) is 0 Å². The predicted molar refractivity (Wildman–Crippen MR) is 82.3 cm³/mol. The van der Waals surface area contributed by atoms with Crippen LogP contribution < -0.4 is 10.5 Å². The highest BCUT2D eigenvalue weighted by atomic mass is 16.6. The minimum Gasteiger partial charge on any atom is -0.477 e. The van der Waals surface area contributed by atoms with Gasteiger partial charge in [-0.1, -0.05) is 18.2 Å². The lowest BCUT2D eigenvalue weighted by molar-refractivity contribution is 0.0433. The zero-order valence-corrected chi connectivity index (χ0v) is 12.9. The summed E-state index contributed by atoms with van der Waals surface area (Å²) in [7, 11) is 0. The Labute approximate surface area is 129 Å². The first-order valence-electron chi connectivity index (χ1n) is 6.98. The lowest BCUT2D eigenvalue weighted by atomic mass is 9.95. The fourth-order valence-electron chi connectivity index (χ4n) is 2.06. The van der Waals surface area contributed by atoms with Crippen molar-refractivity contribution in [3.8, 4) is 17.1 Å². The average Bonchev–Trinajstić information content (AvgIpc) is 2.47. The van der Waals surface area contributed by atoms with Gasteiger partial charge in [-0.3, -0.25) is 0 Å². The molecule has 116 valence electrons. The van der Waals surface area contributed by atoms with Gasteiger partial charge >= 0.3 is 6.09 Å². The van der Waals surface area contributed by atoms with Crippen molar-refractivity contribution in [3.63, 3.8) is 0 Å². The van der Waals surface area contributed by atoms with Gasteiger partial charge in [0.1, 0.15) is 5.60 Å². The van der Waals surface area contributed by atoms with Crippen LogP contribution in [-0.2, 0) is 10.3 Å². The molecule has 0 bridgehead atoms. The minimum atomic E-state index is -0.819. The summed E-state index contributed by atoms with van der Waals surface area (Å²) in [4.78, 5) is 11.0. The van der Waals surface area contributed by atoms with E-state index < -0.39 is 11.7 Å². The first-order chi connectivity index (χ1) is 10.4. The van der Waals surface area contributed by atoms with Crippen LogP contribution in [0.1, 0.15) is 26.3 Å². The van der Waals surface area contributed by atoms with Gasteiger partial charge < -0.3 is 15.2 Å². The number of carbonyl (C=O) groups excluding carboxylic acids is 1. The summed E-state index contributed by atoms with van der Waals surface area (Å²) < 4.78 is 10.4. The normalized spacial score (nSPS) is 11.0. The number of nitrogens with two attached hydrogens (primary N) is 1. The van der Waals surface area contributed by atoms with E-state index in [1.807, 2.05) is 37.3 Å². The lowest BCUT2D eigenvalue weighted by Gasteiger charge is -2.24. The summed E-state index contributed by atoms with van der Waals surface area (Å²) in [6.07, 6.45) is -0.809. The van der Waals surface area contributed by atoms with Gasteiger partial charge in [-0.25, -0.2) is 4.79 Å². The summed E-state index contributed by atoms with van der Waals surface area (Å²) in [6.45, 7) is 5.99. The number of nitrogens with zero attached hydrogens (tertiary/aromatic N) is 2. The zero-order valence-electron chi connectivity index (χ0n) is 12.9. The molecule has 1 heterocycles. The van der Waals surface area contributed by atoms with Gasteiger partial charge in [-0.05, 0) is 38.5 Å². The van der Waals surface area contributed by atoms with Gasteiger partial charge in [0.15, 0.2) is 0 Å². The molecule has 1 aromatic carbocycles. The van der Waals surface area contributed by atoms with Crippen molar-refractivity contribution in [2.24, 2.45) is 5.73 Å². The van der Waals surface area contributed by atoms with Crippen LogP contribution >= 0.6 is 0 Å². The van der Waals surface area contributed by atoms with E-state index in [1.165, 1.54) is 0 Å². The van der Waals surface area contributed by atoms with E-state index in [0.29, 0.717) is 18.2 Å². The molecule has 0 aliphatic rings. The molecule has 1 amide bonds. The third-order valence-electron chi connectivity index (χ3n) is 3.14. The maximum absolute atomic E-state index is 11.0. The van der Waals surface area contributed by atoms with Gasteiger partial charge in [0, 0.05) is 11.6 Å². The summed E-state index contributed by atoms with van der Waals surface area (Å²) in [5.41, 5.74) is 6.69. The van der Waals surface area contributed by atoms with Gasteiger partial charge in [0.05, 0.1) is 12.3 Å². The fraction of sp³-hybridized carbons (Fsp3) is 0.312. The lowest BCUT2D eigenvalue weighted by Crippen LogP contribution is -2.28. The molecule has 0 radical (unpaired) electrons. The maximum atomic E-state index is 11.0. The van der Waals surface area contributed by atoms with Gasteiger partial charge in [-0.2, -0.15) is 0 Å². The quantitative estimate of drug-likeness (QED) is 0.917. The third kappa shape index (κ3) is 3.72. The second kappa shape index (κ2) is 6.43. The molecule has 6 heteroatoms. The molecule has 0 unspecified atom stereocenters. The van der Waals surface area contributed by atoms with Crippen LogP contribution in [0.4, 0.5) is 4.79 Å². The molecule has 2 N–H and O–H groups in total. The molecule has 6 nitrogen and oxygen atoms in total. The smallest absolute Gasteiger partial charge is 0.405 e. The van der Waals surface area contributed by atoms with E-state index in [9.17, 15) is 4.79 Å². The molecule has 0 atom stereocenters. The Balaban J connectivity index is 2.29. The van der Waals surface area contributed by atoms with Crippen molar-refractivity contribution in [1.29, 1.82) is 0 Å². The van der Waals surface area contributed by atoms with E-state index in [-0.39, 0.29) is 0 Å². The van der Waals surface area contributed by atoms with Crippen molar-refractivity contribution in [3.05, 3.63) is 42.0 Å². The summed E-state index contributed by atoms with van der Waals surface area (Å²) in [6, 6.07) is 11.1. The molecule has 0 saturated carbocycles. The molecule has 2 aromatic rings. The van der Waals surface area contributed by atoms with Crippen molar-refractivity contribution < 1.29 is 14.3 Å². The van der Waals surface area contributed by atoms with E-state index in [0.717, 1.165) is 11.1 Å². The van der Waals surface area contributed by atoms with Crippen LogP contribution in [-0.4, -0.2) is 22.9 Å². The maximum Gasteiger partial charge on any atom is 0.405 e. The Morgan fingerprint density at radius 2 is 2.00 bits per heavy atom. The molecule has 0 aliphatic carbocycles. The van der Waals surface area contributed by atoms with E-state index >= 15 is 0 Å². The molecule has 0 saturated heterocycles. The monoisotopic (exact) mass is 301 g/mol. The van der Waals surface area contributed by atoms with Crippen LogP contribution in [0.15, 0.2) is 36.4 Å². The van der Waals surface area contributed by atoms with Crippen molar-refractivity contribution in [1.82, 2.24) is 10.2 Å². The molecule has 2 rings (SSSR count). The topological polar surface area (TPSA) is 87.3 Å². The number of hydrogen-bond donors (Lipinski definition) is 1. The number of carbonyl (C=O) groups is 1. The highest BCUT2D eigenvalue weighted by molar-refractivity contribution is 5.66. The first kappa shape index (κ1) is 15.8. The van der Waals surface area contributed by atoms with E-state index in [4.69, 9.17) is 15.2 Å². The van der Waals surface area contributed by atoms with Gasteiger partial charge in [0.2, 0.25) is 5.88 Å². The number of primary amides is 1. The summed E-state index contributed by atoms with van der Waals surface area (Å²) >= 11 is 0.